The largest absolute Gasteiger partial charge is 0.494 e. The Morgan fingerprint density at radius 2 is 2.06 bits per heavy atom. The number of fused-ring (bicyclic) bond motifs is 1. The number of hydrogen-bond acceptors (Lipinski definition) is 7. The van der Waals surface area contributed by atoms with E-state index < -0.39 is 0 Å². The zero-order chi connectivity index (χ0) is 23.4. The maximum Gasteiger partial charge on any atom is 0.234 e. The molecule has 178 valence electrons. The van der Waals surface area contributed by atoms with Crippen LogP contribution in [0.1, 0.15) is 35.7 Å². The molecule has 0 saturated carbocycles. The number of aromatic nitrogens is 1. The molecule has 2 aliphatic rings. The minimum absolute atomic E-state index is 0.0368. The Morgan fingerprint density at radius 3 is 2.76 bits per heavy atom. The zero-order valence-electron chi connectivity index (χ0n) is 19.6. The van der Waals surface area contributed by atoms with E-state index >= 15 is 0 Å². The third-order valence-electron chi connectivity index (χ3n) is 5.92. The lowest BCUT2D eigenvalue weighted by Crippen LogP contribution is -2.51. The summed E-state index contributed by atoms with van der Waals surface area (Å²) >= 11 is 1.53. The number of rotatable bonds is 8. The van der Waals surface area contributed by atoms with Crippen molar-refractivity contribution in [1.29, 1.82) is 0 Å². The Balaban J connectivity index is 1.24. The molecule has 2 amide bonds. The van der Waals surface area contributed by atoms with Crippen molar-refractivity contribution in [1.82, 2.24) is 20.1 Å². The molecule has 0 bridgehead atoms. The standard InChI is InChI=1S/C24H32N4O4S/c1-4-31-20-10-18-9-17(3)32-21(18)11-19(20)13-25-22(29)14-27-5-7-28(8-6-27)24(30)12-23-26-16(2)15-33-23/h10-11,15,17H,4-9,12-14H2,1-3H3,(H,25,29). The van der Waals surface area contributed by atoms with E-state index in [1.807, 2.05) is 36.3 Å². The van der Waals surface area contributed by atoms with Crippen LogP contribution in [-0.2, 0) is 29.0 Å². The van der Waals surface area contributed by atoms with E-state index in [9.17, 15) is 9.59 Å². The summed E-state index contributed by atoms with van der Waals surface area (Å²) in [5.74, 6) is 1.75. The van der Waals surface area contributed by atoms with Crippen molar-refractivity contribution in [2.24, 2.45) is 0 Å². The Hall–Kier alpha value is -2.65. The van der Waals surface area contributed by atoms with E-state index in [-0.39, 0.29) is 17.9 Å². The van der Waals surface area contributed by atoms with Crippen LogP contribution in [0.4, 0.5) is 0 Å². The van der Waals surface area contributed by atoms with Crippen molar-refractivity contribution in [2.45, 2.75) is 46.3 Å². The molecular formula is C24H32N4O4S. The lowest BCUT2D eigenvalue weighted by molar-refractivity contribution is -0.132. The molecule has 9 heteroatoms. The molecule has 33 heavy (non-hydrogen) atoms. The van der Waals surface area contributed by atoms with Gasteiger partial charge in [0.1, 0.15) is 22.6 Å². The predicted octanol–water partition coefficient (Wildman–Crippen LogP) is 2.18. The highest BCUT2D eigenvalue weighted by molar-refractivity contribution is 7.09. The van der Waals surface area contributed by atoms with Crippen LogP contribution in [0.2, 0.25) is 0 Å². The van der Waals surface area contributed by atoms with Gasteiger partial charge in [-0.1, -0.05) is 0 Å². The molecule has 2 aromatic rings. The second-order valence-electron chi connectivity index (χ2n) is 8.63. The number of benzene rings is 1. The number of aryl methyl sites for hydroxylation is 1. The van der Waals surface area contributed by atoms with Crippen molar-refractivity contribution >= 4 is 23.2 Å². The lowest BCUT2D eigenvalue weighted by Gasteiger charge is -2.34. The first-order chi connectivity index (χ1) is 15.9. The Kier molecular flexibility index (Phi) is 7.49. The summed E-state index contributed by atoms with van der Waals surface area (Å²) in [4.78, 5) is 33.4. The molecule has 4 rings (SSSR count). The van der Waals surface area contributed by atoms with Crippen LogP contribution in [-0.4, -0.2) is 72.0 Å². The third-order valence-corrected chi connectivity index (χ3v) is 6.88. The number of nitrogens with one attached hydrogen (secondary N) is 1. The van der Waals surface area contributed by atoms with Gasteiger partial charge in [0.25, 0.3) is 0 Å². The van der Waals surface area contributed by atoms with Gasteiger partial charge in [-0.3, -0.25) is 14.5 Å². The molecule has 1 fully saturated rings. The Bertz CT molecular complexity index is 1000. The number of thiazole rings is 1. The van der Waals surface area contributed by atoms with Crippen molar-refractivity contribution in [3.8, 4) is 11.5 Å². The van der Waals surface area contributed by atoms with E-state index in [1.165, 1.54) is 11.3 Å². The summed E-state index contributed by atoms with van der Waals surface area (Å²) in [5.41, 5.74) is 3.03. The van der Waals surface area contributed by atoms with Crippen LogP contribution in [0.25, 0.3) is 0 Å². The van der Waals surface area contributed by atoms with Crippen LogP contribution in [0.3, 0.4) is 0 Å². The van der Waals surface area contributed by atoms with Gasteiger partial charge in [-0.05, 0) is 32.9 Å². The number of ether oxygens (including phenoxy) is 2. The molecule has 3 heterocycles. The van der Waals surface area contributed by atoms with Gasteiger partial charge in [0.2, 0.25) is 11.8 Å². The highest BCUT2D eigenvalue weighted by atomic mass is 32.1. The second kappa shape index (κ2) is 10.5. The van der Waals surface area contributed by atoms with Crippen LogP contribution in [0.5, 0.6) is 11.5 Å². The fraction of sp³-hybridized carbons (Fsp3) is 0.542. The molecule has 8 nitrogen and oxygen atoms in total. The topological polar surface area (TPSA) is 84.0 Å². The first-order valence-corrected chi connectivity index (χ1v) is 12.4. The predicted molar refractivity (Wildman–Crippen MR) is 127 cm³/mol. The van der Waals surface area contributed by atoms with Gasteiger partial charge in [-0.25, -0.2) is 4.98 Å². The summed E-state index contributed by atoms with van der Waals surface area (Å²) in [6.07, 6.45) is 1.39. The number of carbonyl (C=O) groups is 2. The highest BCUT2D eigenvalue weighted by Crippen LogP contribution is 2.35. The van der Waals surface area contributed by atoms with E-state index in [0.29, 0.717) is 52.3 Å². The zero-order valence-corrected chi connectivity index (χ0v) is 20.4. The number of hydrogen-bond donors (Lipinski definition) is 1. The third kappa shape index (κ3) is 6.03. The van der Waals surface area contributed by atoms with Crippen LogP contribution >= 0.6 is 11.3 Å². The van der Waals surface area contributed by atoms with Crippen molar-refractivity contribution in [3.63, 3.8) is 0 Å². The minimum Gasteiger partial charge on any atom is -0.494 e. The summed E-state index contributed by atoms with van der Waals surface area (Å²) in [6.45, 7) is 9.85. The summed E-state index contributed by atoms with van der Waals surface area (Å²) in [7, 11) is 0. The van der Waals surface area contributed by atoms with Gasteiger partial charge in [-0.15, -0.1) is 11.3 Å². The SMILES string of the molecule is CCOc1cc2c(cc1CNC(=O)CN1CCN(C(=O)Cc3nc(C)cs3)CC1)OC(C)C2. The summed E-state index contributed by atoms with van der Waals surface area (Å²) < 4.78 is 11.7. The van der Waals surface area contributed by atoms with E-state index in [1.54, 1.807) is 0 Å². The van der Waals surface area contributed by atoms with Gasteiger partial charge < -0.3 is 19.7 Å². The molecule has 1 aromatic carbocycles. The van der Waals surface area contributed by atoms with E-state index in [2.05, 4.69) is 22.1 Å². The smallest absolute Gasteiger partial charge is 0.234 e. The first-order valence-electron chi connectivity index (χ1n) is 11.5. The van der Waals surface area contributed by atoms with Crippen LogP contribution in [0, 0.1) is 6.92 Å². The van der Waals surface area contributed by atoms with Gasteiger partial charge in [-0.2, -0.15) is 0 Å². The number of amides is 2. The van der Waals surface area contributed by atoms with Gasteiger partial charge >= 0.3 is 0 Å². The molecule has 1 aromatic heterocycles. The van der Waals surface area contributed by atoms with Crippen molar-refractivity contribution < 1.29 is 19.1 Å². The quantitative estimate of drug-likeness (QED) is 0.634. The molecule has 1 saturated heterocycles. The van der Waals surface area contributed by atoms with E-state index in [4.69, 9.17) is 9.47 Å². The summed E-state index contributed by atoms with van der Waals surface area (Å²) in [5, 5.41) is 5.84. The van der Waals surface area contributed by atoms with Crippen LogP contribution in [0.15, 0.2) is 17.5 Å². The molecule has 2 aliphatic heterocycles. The summed E-state index contributed by atoms with van der Waals surface area (Å²) in [6, 6.07) is 4.02. The second-order valence-corrected chi connectivity index (χ2v) is 9.57. The Morgan fingerprint density at radius 1 is 1.27 bits per heavy atom. The Labute approximate surface area is 198 Å². The number of piperazine rings is 1. The fourth-order valence-corrected chi connectivity index (χ4v) is 5.01. The van der Waals surface area contributed by atoms with Crippen LogP contribution < -0.4 is 14.8 Å². The van der Waals surface area contributed by atoms with Gasteiger partial charge in [0.05, 0.1) is 19.6 Å². The first kappa shape index (κ1) is 23.5. The molecule has 0 aliphatic carbocycles. The average molecular weight is 473 g/mol. The van der Waals surface area contributed by atoms with Crippen molar-refractivity contribution in [3.05, 3.63) is 39.3 Å². The van der Waals surface area contributed by atoms with E-state index in [0.717, 1.165) is 39.7 Å². The fourth-order valence-electron chi connectivity index (χ4n) is 4.24. The molecule has 0 spiro atoms. The molecule has 1 unspecified atom stereocenters. The molecule has 1 atom stereocenters. The molecule has 1 N–H and O–H groups in total. The maximum atomic E-state index is 12.6. The van der Waals surface area contributed by atoms with Gasteiger partial charge in [0, 0.05) is 61.3 Å². The number of carbonyl (C=O) groups excluding carboxylic acids is 2. The van der Waals surface area contributed by atoms with Gasteiger partial charge in [0.15, 0.2) is 0 Å². The lowest BCUT2D eigenvalue weighted by atomic mass is 10.1. The monoisotopic (exact) mass is 472 g/mol. The minimum atomic E-state index is -0.0368. The molecular weight excluding hydrogens is 440 g/mol. The highest BCUT2D eigenvalue weighted by Gasteiger charge is 2.24. The number of nitrogens with zero attached hydrogens (tertiary/aromatic N) is 3. The molecule has 0 radical (unpaired) electrons. The normalized spacial score (nSPS) is 18.0. The average Bonchev–Trinajstić information content (AvgIpc) is 3.36. The maximum absolute atomic E-state index is 12.6. The van der Waals surface area contributed by atoms with Crippen molar-refractivity contribution in [2.75, 3.05) is 39.3 Å².